The van der Waals surface area contributed by atoms with Gasteiger partial charge in [0.25, 0.3) is 0 Å². The van der Waals surface area contributed by atoms with Gasteiger partial charge in [-0.3, -0.25) is 24.1 Å². The number of amides is 1. The molecular weight excluding hydrogens is 342 g/mol. The van der Waals surface area contributed by atoms with Crippen LogP contribution in [0.1, 0.15) is 20.3 Å². The van der Waals surface area contributed by atoms with Gasteiger partial charge in [-0.1, -0.05) is 19.9 Å². The van der Waals surface area contributed by atoms with Gasteiger partial charge in [-0.2, -0.15) is 0 Å². The Morgan fingerprint density at radius 3 is 2.77 bits per heavy atom. The fourth-order valence-electron chi connectivity index (χ4n) is 2.52. The lowest BCUT2D eigenvalue weighted by Gasteiger charge is -2.20. The Labute approximate surface area is 149 Å². The number of carbonyl (C=O) groups excluding carboxylic acids is 1. The molecule has 140 valence electrons. The predicted molar refractivity (Wildman–Crippen MR) is 95.1 cm³/mol. The summed E-state index contributed by atoms with van der Waals surface area (Å²) in [5, 5.41) is 25.5. The maximum absolute atomic E-state index is 12.4. The van der Waals surface area contributed by atoms with E-state index in [4.69, 9.17) is 5.11 Å². The van der Waals surface area contributed by atoms with Crippen LogP contribution in [0.15, 0.2) is 29.2 Å². The first-order chi connectivity index (χ1) is 12.3. The maximum atomic E-state index is 12.4. The van der Waals surface area contributed by atoms with E-state index in [1.807, 2.05) is 13.8 Å². The number of hydrogen-bond donors (Lipinski definition) is 3. The number of carbonyl (C=O) groups is 1. The first-order valence-electron chi connectivity index (χ1n) is 8.16. The van der Waals surface area contributed by atoms with Gasteiger partial charge in [0.05, 0.1) is 11.5 Å². The third kappa shape index (κ3) is 4.33. The van der Waals surface area contributed by atoms with Gasteiger partial charge in [-0.05, 0) is 24.5 Å². The van der Waals surface area contributed by atoms with Crippen LogP contribution in [0.3, 0.4) is 0 Å². The molecule has 0 aliphatic carbocycles. The SMILES string of the molecule is CC(C)C[C@H](Nc1nc2ccccn2c(=O)c1[N+](=O)[O-])C(=O)NCCO. The lowest BCUT2D eigenvalue weighted by atomic mass is 10.0. The summed E-state index contributed by atoms with van der Waals surface area (Å²) in [7, 11) is 0. The number of nitrogens with one attached hydrogen (secondary N) is 2. The average Bonchev–Trinajstić information content (AvgIpc) is 2.58. The number of nitrogens with zero attached hydrogens (tertiary/aromatic N) is 3. The normalized spacial score (nSPS) is 12.2. The Hall–Kier alpha value is -3.01. The molecule has 2 aromatic rings. The molecule has 0 aromatic carbocycles. The number of anilines is 1. The minimum absolute atomic E-state index is 0.0605. The van der Waals surface area contributed by atoms with Crippen molar-refractivity contribution in [3.05, 3.63) is 44.9 Å². The smallest absolute Gasteiger partial charge is 0.376 e. The van der Waals surface area contributed by atoms with Crippen molar-refractivity contribution < 1.29 is 14.8 Å². The highest BCUT2D eigenvalue weighted by Gasteiger charge is 2.28. The van der Waals surface area contributed by atoms with Crippen molar-refractivity contribution in [3.63, 3.8) is 0 Å². The summed E-state index contributed by atoms with van der Waals surface area (Å²) in [5.74, 6) is -0.582. The fourth-order valence-corrected chi connectivity index (χ4v) is 2.52. The molecule has 10 heteroatoms. The van der Waals surface area contributed by atoms with Gasteiger partial charge in [-0.15, -0.1) is 0 Å². The molecule has 2 aromatic heterocycles. The van der Waals surface area contributed by atoms with Gasteiger partial charge >= 0.3 is 11.2 Å². The highest BCUT2D eigenvalue weighted by atomic mass is 16.6. The van der Waals surface area contributed by atoms with Crippen LogP contribution in [-0.4, -0.2) is 44.5 Å². The number of aliphatic hydroxyl groups excluding tert-OH is 1. The molecule has 0 spiro atoms. The largest absolute Gasteiger partial charge is 0.395 e. The zero-order valence-corrected chi connectivity index (χ0v) is 14.5. The molecule has 2 heterocycles. The lowest BCUT2D eigenvalue weighted by Crippen LogP contribution is -2.42. The van der Waals surface area contributed by atoms with Crippen molar-refractivity contribution in [2.24, 2.45) is 5.92 Å². The Morgan fingerprint density at radius 2 is 2.15 bits per heavy atom. The van der Waals surface area contributed by atoms with Crippen LogP contribution in [0.25, 0.3) is 5.65 Å². The maximum Gasteiger partial charge on any atom is 0.376 e. The molecule has 0 aliphatic heterocycles. The molecule has 10 nitrogen and oxygen atoms in total. The fraction of sp³-hybridized carbons (Fsp3) is 0.438. The first kappa shape index (κ1) is 19.3. The molecule has 0 fully saturated rings. The minimum atomic E-state index is -0.835. The van der Waals surface area contributed by atoms with Gasteiger partial charge in [0.15, 0.2) is 0 Å². The van der Waals surface area contributed by atoms with E-state index in [1.165, 1.54) is 6.20 Å². The molecule has 0 unspecified atom stereocenters. The van der Waals surface area contributed by atoms with Crippen molar-refractivity contribution in [1.82, 2.24) is 14.7 Å². The second-order valence-electron chi connectivity index (χ2n) is 6.14. The summed E-state index contributed by atoms with van der Waals surface area (Å²) in [4.78, 5) is 39.5. The second-order valence-corrected chi connectivity index (χ2v) is 6.14. The number of pyridine rings is 1. The topological polar surface area (TPSA) is 139 Å². The van der Waals surface area contributed by atoms with Crippen LogP contribution in [0.2, 0.25) is 0 Å². The Morgan fingerprint density at radius 1 is 1.42 bits per heavy atom. The number of rotatable bonds is 8. The van der Waals surface area contributed by atoms with Gasteiger partial charge in [0.1, 0.15) is 11.7 Å². The molecule has 0 aliphatic rings. The van der Waals surface area contributed by atoms with E-state index in [-0.39, 0.29) is 30.5 Å². The third-order valence-corrected chi connectivity index (χ3v) is 3.64. The van der Waals surface area contributed by atoms with E-state index in [9.17, 15) is 19.7 Å². The third-order valence-electron chi connectivity index (χ3n) is 3.64. The number of aliphatic hydroxyl groups is 1. The average molecular weight is 363 g/mol. The van der Waals surface area contributed by atoms with E-state index < -0.39 is 28.1 Å². The summed E-state index contributed by atoms with van der Waals surface area (Å²) in [6.07, 6.45) is 1.76. The Balaban J connectivity index is 2.48. The van der Waals surface area contributed by atoms with E-state index in [0.717, 1.165) is 4.40 Å². The molecule has 3 N–H and O–H groups in total. The van der Waals surface area contributed by atoms with Crippen molar-refractivity contribution in [1.29, 1.82) is 0 Å². The van der Waals surface area contributed by atoms with Crippen LogP contribution in [0.4, 0.5) is 11.5 Å². The molecule has 2 rings (SSSR count). The summed E-state index contributed by atoms with van der Waals surface area (Å²) in [6, 6.07) is 3.92. The number of fused-ring (bicyclic) bond motifs is 1. The summed E-state index contributed by atoms with van der Waals surface area (Å²) in [5.41, 5.74) is -1.33. The molecule has 0 saturated carbocycles. The van der Waals surface area contributed by atoms with Crippen LogP contribution < -0.4 is 16.2 Å². The van der Waals surface area contributed by atoms with Gasteiger partial charge in [0, 0.05) is 12.7 Å². The van der Waals surface area contributed by atoms with Crippen molar-refractivity contribution in [2.45, 2.75) is 26.3 Å². The molecule has 26 heavy (non-hydrogen) atoms. The number of nitro groups is 1. The quantitative estimate of drug-likeness (QED) is 0.459. The number of hydrogen-bond acceptors (Lipinski definition) is 7. The highest BCUT2D eigenvalue weighted by molar-refractivity contribution is 5.85. The zero-order chi connectivity index (χ0) is 19.3. The lowest BCUT2D eigenvalue weighted by molar-refractivity contribution is -0.385. The van der Waals surface area contributed by atoms with Crippen molar-refractivity contribution in [3.8, 4) is 0 Å². The molecule has 0 bridgehead atoms. The van der Waals surface area contributed by atoms with Crippen molar-refractivity contribution >= 4 is 23.1 Å². The Kier molecular flexibility index (Phi) is 6.23. The van der Waals surface area contributed by atoms with E-state index >= 15 is 0 Å². The predicted octanol–water partition coefficient (Wildman–Crippen LogP) is 0.538. The van der Waals surface area contributed by atoms with Gasteiger partial charge in [0.2, 0.25) is 11.7 Å². The Bertz CT molecular complexity index is 864. The summed E-state index contributed by atoms with van der Waals surface area (Å²) < 4.78 is 1.08. The molecule has 1 amide bonds. The van der Waals surface area contributed by atoms with Crippen LogP contribution in [-0.2, 0) is 4.79 Å². The monoisotopic (exact) mass is 363 g/mol. The van der Waals surface area contributed by atoms with Gasteiger partial charge < -0.3 is 15.7 Å². The zero-order valence-electron chi connectivity index (χ0n) is 14.5. The van der Waals surface area contributed by atoms with Crippen molar-refractivity contribution in [2.75, 3.05) is 18.5 Å². The summed E-state index contributed by atoms with van der Waals surface area (Å²) >= 11 is 0. The van der Waals surface area contributed by atoms with Crippen LogP contribution in [0.5, 0.6) is 0 Å². The van der Waals surface area contributed by atoms with Crippen LogP contribution in [0, 0.1) is 16.0 Å². The molecular formula is C16H21N5O5. The number of aromatic nitrogens is 2. The first-order valence-corrected chi connectivity index (χ1v) is 8.16. The van der Waals surface area contributed by atoms with E-state index in [2.05, 4.69) is 15.6 Å². The second kappa shape index (κ2) is 8.39. The van der Waals surface area contributed by atoms with E-state index in [0.29, 0.717) is 6.42 Å². The molecule has 0 radical (unpaired) electrons. The minimum Gasteiger partial charge on any atom is -0.395 e. The highest BCUT2D eigenvalue weighted by Crippen LogP contribution is 2.21. The molecule has 1 atom stereocenters. The van der Waals surface area contributed by atoms with Gasteiger partial charge in [-0.25, -0.2) is 4.98 Å². The molecule has 0 saturated heterocycles. The van der Waals surface area contributed by atoms with E-state index in [1.54, 1.807) is 18.2 Å². The van der Waals surface area contributed by atoms with Crippen LogP contribution >= 0.6 is 0 Å². The summed E-state index contributed by atoms with van der Waals surface area (Å²) in [6.45, 7) is 3.62. The standard InChI is InChI=1S/C16H21N5O5/c1-10(2)9-11(15(23)17-6-8-22)18-14-13(21(25)26)16(24)20-7-4-3-5-12(20)19-14/h3-5,7,10-11,18,22H,6,8-9H2,1-2H3,(H,17,23)/t11-/m0/s1.